The van der Waals surface area contributed by atoms with Crippen molar-refractivity contribution in [1.82, 2.24) is 4.98 Å². The second-order valence-electron chi connectivity index (χ2n) is 3.18. The van der Waals surface area contributed by atoms with Crippen molar-refractivity contribution in [2.75, 3.05) is 5.73 Å². The Morgan fingerprint density at radius 3 is 2.87 bits per heavy atom. The van der Waals surface area contributed by atoms with E-state index in [9.17, 15) is 0 Å². The number of aryl methyl sites for hydroxylation is 1. The molecular formula is C11H11BrN2S. The summed E-state index contributed by atoms with van der Waals surface area (Å²) in [6.07, 6.45) is 0.933. The third kappa shape index (κ3) is 2.21. The molecule has 0 spiro atoms. The first kappa shape index (κ1) is 10.6. The van der Waals surface area contributed by atoms with Crippen molar-refractivity contribution in [1.29, 1.82) is 0 Å². The third-order valence-corrected chi connectivity index (χ3v) is 3.62. The minimum absolute atomic E-state index is 0.796. The van der Waals surface area contributed by atoms with E-state index >= 15 is 0 Å². The molecule has 0 amide bonds. The Labute approximate surface area is 101 Å². The van der Waals surface area contributed by atoms with Crippen LogP contribution in [0.2, 0.25) is 0 Å². The summed E-state index contributed by atoms with van der Waals surface area (Å²) < 4.78 is 1.05. The van der Waals surface area contributed by atoms with Gasteiger partial charge >= 0.3 is 0 Å². The molecule has 1 aromatic heterocycles. The molecule has 0 aliphatic carbocycles. The Hall–Kier alpha value is -0.870. The Morgan fingerprint density at radius 2 is 2.27 bits per heavy atom. The normalized spacial score (nSPS) is 10.5. The summed E-state index contributed by atoms with van der Waals surface area (Å²) in [6, 6.07) is 8.04. The van der Waals surface area contributed by atoms with Crippen LogP contribution in [0.15, 0.2) is 28.7 Å². The summed E-state index contributed by atoms with van der Waals surface area (Å²) in [5, 5.41) is 1.88. The van der Waals surface area contributed by atoms with Gasteiger partial charge < -0.3 is 5.73 Å². The van der Waals surface area contributed by atoms with E-state index in [1.54, 1.807) is 11.3 Å². The number of hydrogen-bond donors (Lipinski definition) is 1. The molecule has 2 rings (SSSR count). The van der Waals surface area contributed by atoms with Crippen LogP contribution < -0.4 is 5.73 Å². The number of hydrogen-bond acceptors (Lipinski definition) is 3. The maximum Gasteiger partial charge on any atom is 0.114 e. The van der Waals surface area contributed by atoms with E-state index in [0.29, 0.717) is 0 Å². The second kappa shape index (κ2) is 4.33. The number of rotatable bonds is 2. The smallest absolute Gasteiger partial charge is 0.114 e. The summed E-state index contributed by atoms with van der Waals surface area (Å²) in [5.74, 6) is 0. The van der Waals surface area contributed by atoms with Crippen LogP contribution in [0.4, 0.5) is 5.00 Å². The van der Waals surface area contributed by atoms with Gasteiger partial charge in [0.15, 0.2) is 0 Å². The minimum atomic E-state index is 0.796. The van der Waals surface area contributed by atoms with Crippen LogP contribution in [0.25, 0.3) is 11.3 Å². The first-order valence-electron chi connectivity index (χ1n) is 4.72. The molecule has 0 saturated heterocycles. The van der Waals surface area contributed by atoms with Gasteiger partial charge in [-0.1, -0.05) is 35.0 Å². The number of anilines is 1. The summed E-state index contributed by atoms with van der Waals surface area (Å²) in [6.45, 7) is 2.09. The number of nitrogens with two attached hydrogens (primary N) is 1. The zero-order valence-electron chi connectivity index (χ0n) is 8.33. The Morgan fingerprint density at radius 1 is 1.47 bits per heavy atom. The molecule has 2 aromatic rings. The van der Waals surface area contributed by atoms with Gasteiger partial charge in [0.05, 0.1) is 5.01 Å². The van der Waals surface area contributed by atoms with Crippen LogP contribution in [0.3, 0.4) is 0 Å². The average Bonchev–Trinajstić information content (AvgIpc) is 2.60. The first-order valence-corrected chi connectivity index (χ1v) is 6.32. The maximum absolute atomic E-state index is 5.94. The van der Waals surface area contributed by atoms with Crippen LogP contribution in [-0.2, 0) is 6.42 Å². The molecule has 1 aromatic carbocycles. The average molecular weight is 283 g/mol. The predicted octanol–water partition coefficient (Wildman–Crippen LogP) is 3.72. The van der Waals surface area contributed by atoms with Crippen molar-refractivity contribution in [3.05, 3.63) is 33.7 Å². The number of halogens is 1. The van der Waals surface area contributed by atoms with Crippen LogP contribution >= 0.6 is 27.3 Å². The quantitative estimate of drug-likeness (QED) is 0.912. The standard InChI is InChI=1S/C11H11BrN2S/c1-2-9-14-10(11(13)15-9)7-4-3-5-8(12)6-7/h3-6H,2,13H2,1H3. The maximum atomic E-state index is 5.94. The summed E-state index contributed by atoms with van der Waals surface area (Å²) in [5.41, 5.74) is 7.91. The van der Waals surface area contributed by atoms with E-state index in [2.05, 4.69) is 27.8 Å². The number of aromatic nitrogens is 1. The number of benzene rings is 1. The minimum Gasteiger partial charge on any atom is -0.389 e. The molecule has 2 nitrogen and oxygen atoms in total. The fraction of sp³-hybridized carbons (Fsp3) is 0.182. The molecule has 0 atom stereocenters. The number of thiazole rings is 1. The van der Waals surface area contributed by atoms with Gasteiger partial charge in [0.25, 0.3) is 0 Å². The zero-order valence-corrected chi connectivity index (χ0v) is 10.7. The largest absolute Gasteiger partial charge is 0.389 e. The Balaban J connectivity index is 2.48. The highest BCUT2D eigenvalue weighted by atomic mass is 79.9. The highest BCUT2D eigenvalue weighted by Gasteiger charge is 2.09. The van der Waals surface area contributed by atoms with Crippen LogP contribution in [0, 0.1) is 0 Å². The van der Waals surface area contributed by atoms with E-state index in [1.165, 1.54) is 0 Å². The number of nitrogen functional groups attached to an aromatic ring is 1. The van der Waals surface area contributed by atoms with Gasteiger partial charge in [0.1, 0.15) is 10.7 Å². The van der Waals surface area contributed by atoms with Crippen molar-refractivity contribution < 1.29 is 0 Å². The molecule has 0 aliphatic heterocycles. The summed E-state index contributed by atoms with van der Waals surface area (Å²) in [7, 11) is 0. The molecule has 0 unspecified atom stereocenters. The third-order valence-electron chi connectivity index (χ3n) is 2.10. The fourth-order valence-corrected chi connectivity index (χ4v) is 2.57. The van der Waals surface area contributed by atoms with E-state index in [0.717, 1.165) is 32.2 Å². The lowest BCUT2D eigenvalue weighted by atomic mass is 10.2. The van der Waals surface area contributed by atoms with E-state index < -0.39 is 0 Å². The van der Waals surface area contributed by atoms with Gasteiger partial charge in [-0.3, -0.25) is 0 Å². The van der Waals surface area contributed by atoms with Crippen LogP contribution in [0.5, 0.6) is 0 Å². The van der Waals surface area contributed by atoms with Crippen molar-refractivity contribution >= 4 is 32.3 Å². The first-order chi connectivity index (χ1) is 7.20. The van der Waals surface area contributed by atoms with Gasteiger partial charge in [-0.2, -0.15) is 0 Å². The Kier molecular flexibility index (Phi) is 3.07. The molecule has 15 heavy (non-hydrogen) atoms. The van der Waals surface area contributed by atoms with Gasteiger partial charge in [-0.15, -0.1) is 11.3 Å². The Bertz CT molecular complexity index is 479. The van der Waals surface area contributed by atoms with E-state index in [1.807, 2.05) is 24.3 Å². The van der Waals surface area contributed by atoms with E-state index in [4.69, 9.17) is 5.73 Å². The number of nitrogens with zero attached hydrogens (tertiary/aromatic N) is 1. The lowest BCUT2D eigenvalue weighted by Gasteiger charge is -1.98. The molecule has 4 heteroatoms. The predicted molar refractivity (Wildman–Crippen MR) is 69.0 cm³/mol. The molecule has 78 valence electrons. The van der Waals surface area contributed by atoms with Gasteiger partial charge in [0.2, 0.25) is 0 Å². The molecular weight excluding hydrogens is 272 g/mol. The SMILES string of the molecule is CCc1nc(-c2cccc(Br)c2)c(N)s1. The zero-order chi connectivity index (χ0) is 10.8. The monoisotopic (exact) mass is 282 g/mol. The van der Waals surface area contributed by atoms with Crippen molar-refractivity contribution in [2.24, 2.45) is 0 Å². The molecule has 1 heterocycles. The summed E-state index contributed by atoms with van der Waals surface area (Å²) >= 11 is 5.01. The molecule has 0 saturated carbocycles. The summed E-state index contributed by atoms with van der Waals surface area (Å²) in [4.78, 5) is 4.51. The molecule has 0 fully saturated rings. The topological polar surface area (TPSA) is 38.9 Å². The lowest BCUT2D eigenvalue weighted by Crippen LogP contribution is -1.85. The van der Waals surface area contributed by atoms with Crippen LogP contribution in [-0.4, -0.2) is 4.98 Å². The highest BCUT2D eigenvalue weighted by Crippen LogP contribution is 2.31. The van der Waals surface area contributed by atoms with Crippen molar-refractivity contribution in [2.45, 2.75) is 13.3 Å². The van der Waals surface area contributed by atoms with Crippen molar-refractivity contribution in [3.63, 3.8) is 0 Å². The lowest BCUT2D eigenvalue weighted by molar-refractivity contribution is 1.10. The van der Waals surface area contributed by atoms with E-state index in [-0.39, 0.29) is 0 Å². The second-order valence-corrected chi connectivity index (χ2v) is 5.22. The molecule has 0 radical (unpaired) electrons. The molecule has 0 bridgehead atoms. The van der Waals surface area contributed by atoms with Gasteiger partial charge in [-0.25, -0.2) is 4.98 Å². The van der Waals surface area contributed by atoms with Gasteiger partial charge in [0, 0.05) is 10.0 Å². The fourth-order valence-electron chi connectivity index (χ4n) is 1.37. The van der Waals surface area contributed by atoms with Gasteiger partial charge in [-0.05, 0) is 18.6 Å². The molecule has 2 N–H and O–H groups in total. The highest BCUT2D eigenvalue weighted by molar-refractivity contribution is 9.10. The van der Waals surface area contributed by atoms with Crippen LogP contribution in [0.1, 0.15) is 11.9 Å². The van der Waals surface area contributed by atoms with Crippen molar-refractivity contribution in [3.8, 4) is 11.3 Å². The molecule has 0 aliphatic rings.